The predicted molar refractivity (Wildman–Crippen MR) is 127 cm³/mol. The molecule has 0 spiro atoms. The molecular weight excluding hydrogens is 414 g/mol. The maximum atomic E-state index is 12.9. The maximum Gasteiger partial charge on any atom is 0.228 e. The number of benzene rings is 1. The van der Waals surface area contributed by atoms with Crippen molar-refractivity contribution >= 4 is 17.6 Å². The standard InChI is InChI=1S/C26H33N5O2/c1-18-22-10-11-24(33)31(17-20-7-4-3-5-8-20)26(22)28-25(27-18)23-9-6-14-30(23)21-12-15-29(16-13-21)19(2)32/h3-5,7-8,21,23H,6,9-17H2,1-2H3/t23-/m0/s1. The number of amides is 2. The molecule has 0 radical (unpaired) electrons. The number of piperidine rings is 1. The molecule has 1 aromatic carbocycles. The third-order valence-corrected chi connectivity index (χ3v) is 7.51. The molecule has 33 heavy (non-hydrogen) atoms. The molecule has 0 N–H and O–H groups in total. The van der Waals surface area contributed by atoms with E-state index in [1.807, 2.05) is 28.0 Å². The molecule has 0 aliphatic carbocycles. The van der Waals surface area contributed by atoms with Crippen molar-refractivity contribution in [3.05, 3.63) is 53.0 Å². The lowest BCUT2D eigenvalue weighted by Crippen LogP contribution is -2.46. The smallest absolute Gasteiger partial charge is 0.228 e. The first-order chi connectivity index (χ1) is 16.0. The van der Waals surface area contributed by atoms with Gasteiger partial charge in [0.1, 0.15) is 11.6 Å². The first kappa shape index (κ1) is 22.0. The van der Waals surface area contributed by atoms with Crippen LogP contribution in [0.3, 0.4) is 0 Å². The van der Waals surface area contributed by atoms with Crippen LogP contribution >= 0.6 is 0 Å². The van der Waals surface area contributed by atoms with E-state index in [1.54, 1.807) is 6.92 Å². The maximum absolute atomic E-state index is 12.9. The van der Waals surface area contributed by atoms with Crippen LogP contribution in [-0.4, -0.2) is 57.3 Å². The van der Waals surface area contributed by atoms with Gasteiger partial charge in [0, 0.05) is 43.7 Å². The largest absolute Gasteiger partial charge is 0.343 e. The van der Waals surface area contributed by atoms with Crippen LogP contribution in [0.1, 0.15) is 67.7 Å². The number of likely N-dealkylation sites (tertiary alicyclic amines) is 2. The van der Waals surface area contributed by atoms with Gasteiger partial charge in [0.25, 0.3) is 0 Å². The highest BCUT2D eigenvalue weighted by atomic mass is 16.2. The zero-order valence-electron chi connectivity index (χ0n) is 19.7. The monoisotopic (exact) mass is 447 g/mol. The molecule has 3 aliphatic rings. The van der Waals surface area contributed by atoms with Crippen LogP contribution in [0.4, 0.5) is 5.82 Å². The van der Waals surface area contributed by atoms with E-state index in [1.165, 1.54) is 0 Å². The zero-order valence-corrected chi connectivity index (χ0v) is 19.7. The van der Waals surface area contributed by atoms with Crippen LogP contribution in [0.25, 0.3) is 0 Å². The quantitative estimate of drug-likeness (QED) is 0.718. The molecule has 0 saturated carbocycles. The van der Waals surface area contributed by atoms with E-state index in [9.17, 15) is 9.59 Å². The number of aromatic nitrogens is 2. The lowest BCUT2D eigenvalue weighted by molar-refractivity contribution is -0.130. The van der Waals surface area contributed by atoms with E-state index >= 15 is 0 Å². The summed E-state index contributed by atoms with van der Waals surface area (Å²) < 4.78 is 0. The van der Waals surface area contributed by atoms with Gasteiger partial charge in [-0.15, -0.1) is 0 Å². The summed E-state index contributed by atoms with van der Waals surface area (Å²) in [4.78, 5) is 41.1. The molecule has 2 aromatic rings. The van der Waals surface area contributed by atoms with Gasteiger partial charge >= 0.3 is 0 Å². The molecule has 0 bridgehead atoms. The van der Waals surface area contributed by atoms with Crippen LogP contribution in [0.15, 0.2) is 30.3 Å². The fourth-order valence-corrected chi connectivity index (χ4v) is 5.70. The summed E-state index contributed by atoms with van der Waals surface area (Å²) in [5.74, 6) is 1.96. The van der Waals surface area contributed by atoms with E-state index < -0.39 is 0 Å². The van der Waals surface area contributed by atoms with Crippen LogP contribution in [-0.2, 0) is 22.6 Å². The molecule has 2 amide bonds. The lowest BCUT2D eigenvalue weighted by atomic mass is 10.0. The summed E-state index contributed by atoms with van der Waals surface area (Å²) in [6.45, 7) is 6.96. The Hall–Kier alpha value is -2.80. The van der Waals surface area contributed by atoms with E-state index in [2.05, 4.69) is 24.0 Å². The molecule has 1 aromatic heterocycles. The van der Waals surface area contributed by atoms with Crippen molar-refractivity contribution in [2.45, 2.75) is 71.0 Å². The van der Waals surface area contributed by atoms with Gasteiger partial charge in [0.15, 0.2) is 0 Å². The van der Waals surface area contributed by atoms with Crippen molar-refractivity contribution < 1.29 is 9.59 Å². The van der Waals surface area contributed by atoms with Gasteiger partial charge in [-0.25, -0.2) is 9.97 Å². The number of carbonyl (C=O) groups is 2. The molecule has 4 heterocycles. The van der Waals surface area contributed by atoms with Gasteiger partial charge in [0.2, 0.25) is 11.8 Å². The minimum Gasteiger partial charge on any atom is -0.343 e. The highest BCUT2D eigenvalue weighted by molar-refractivity contribution is 5.95. The topological polar surface area (TPSA) is 69.6 Å². The van der Waals surface area contributed by atoms with Crippen LogP contribution < -0.4 is 4.90 Å². The second-order valence-electron chi connectivity index (χ2n) is 9.57. The van der Waals surface area contributed by atoms with Crippen molar-refractivity contribution in [2.24, 2.45) is 0 Å². The van der Waals surface area contributed by atoms with E-state index in [4.69, 9.17) is 9.97 Å². The minimum atomic E-state index is 0.135. The lowest BCUT2D eigenvalue weighted by Gasteiger charge is -2.39. The third-order valence-electron chi connectivity index (χ3n) is 7.51. The van der Waals surface area contributed by atoms with Crippen molar-refractivity contribution in [1.29, 1.82) is 0 Å². The Labute approximate surface area is 195 Å². The van der Waals surface area contributed by atoms with Crippen LogP contribution in [0.2, 0.25) is 0 Å². The van der Waals surface area contributed by atoms with Crippen LogP contribution in [0, 0.1) is 6.92 Å². The summed E-state index contributed by atoms with van der Waals surface area (Å²) in [5, 5.41) is 0. The van der Waals surface area contributed by atoms with E-state index in [-0.39, 0.29) is 17.9 Å². The number of nitrogens with zero attached hydrogens (tertiary/aromatic N) is 5. The summed E-state index contributed by atoms with van der Waals surface area (Å²) in [7, 11) is 0. The summed E-state index contributed by atoms with van der Waals surface area (Å²) >= 11 is 0. The summed E-state index contributed by atoms with van der Waals surface area (Å²) in [6, 6.07) is 10.8. The molecule has 7 nitrogen and oxygen atoms in total. The average molecular weight is 448 g/mol. The highest BCUT2D eigenvalue weighted by Gasteiger charge is 2.37. The van der Waals surface area contributed by atoms with Gasteiger partial charge in [-0.1, -0.05) is 30.3 Å². The number of anilines is 1. The molecule has 2 saturated heterocycles. The van der Waals surface area contributed by atoms with Gasteiger partial charge in [-0.3, -0.25) is 19.4 Å². The Morgan fingerprint density at radius 3 is 2.52 bits per heavy atom. The Kier molecular flexibility index (Phi) is 6.15. The molecule has 1 atom stereocenters. The first-order valence-corrected chi connectivity index (χ1v) is 12.2. The molecule has 2 fully saturated rings. The van der Waals surface area contributed by atoms with Gasteiger partial charge in [0.05, 0.1) is 12.6 Å². The molecule has 3 aliphatic heterocycles. The number of rotatable bonds is 4. The Morgan fingerprint density at radius 2 is 1.79 bits per heavy atom. The SMILES string of the molecule is CC(=O)N1CCC(N2CCC[C@H]2c2nc(C)c3c(n2)N(Cc2ccccc2)C(=O)CC3)CC1. The Morgan fingerprint density at radius 1 is 1.03 bits per heavy atom. The average Bonchev–Trinajstić information content (AvgIpc) is 3.31. The number of carbonyl (C=O) groups excluding carboxylic acids is 2. The van der Waals surface area contributed by atoms with Crippen molar-refractivity contribution in [3.63, 3.8) is 0 Å². The van der Waals surface area contributed by atoms with E-state index in [0.717, 1.165) is 73.8 Å². The van der Waals surface area contributed by atoms with Crippen molar-refractivity contribution in [2.75, 3.05) is 24.5 Å². The normalized spacial score (nSPS) is 22.0. The predicted octanol–water partition coefficient (Wildman–Crippen LogP) is 3.41. The molecular formula is C26H33N5O2. The van der Waals surface area contributed by atoms with Gasteiger partial charge < -0.3 is 4.90 Å². The summed E-state index contributed by atoms with van der Waals surface area (Å²) in [5.41, 5.74) is 3.21. The van der Waals surface area contributed by atoms with Gasteiger partial charge in [-0.2, -0.15) is 0 Å². The van der Waals surface area contributed by atoms with Gasteiger partial charge in [-0.05, 0) is 51.1 Å². The van der Waals surface area contributed by atoms with Crippen LogP contribution in [0.5, 0.6) is 0 Å². The molecule has 5 rings (SSSR count). The molecule has 7 heteroatoms. The number of aryl methyl sites for hydroxylation is 1. The fourth-order valence-electron chi connectivity index (χ4n) is 5.70. The number of hydrogen-bond donors (Lipinski definition) is 0. The third kappa shape index (κ3) is 4.38. The first-order valence-electron chi connectivity index (χ1n) is 12.2. The summed E-state index contributed by atoms with van der Waals surface area (Å²) in [6.07, 6.45) is 5.38. The second kappa shape index (κ2) is 9.21. The zero-order chi connectivity index (χ0) is 22.9. The number of fused-ring (bicyclic) bond motifs is 1. The van der Waals surface area contributed by atoms with E-state index in [0.29, 0.717) is 25.4 Å². The number of hydrogen-bond acceptors (Lipinski definition) is 5. The van der Waals surface area contributed by atoms with Crippen molar-refractivity contribution in [3.8, 4) is 0 Å². The Bertz CT molecular complexity index is 1030. The Balaban J connectivity index is 1.42. The minimum absolute atomic E-state index is 0.135. The second-order valence-corrected chi connectivity index (χ2v) is 9.57. The fraction of sp³-hybridized carbons (Fsp3) is 0.538. The highest BCUT2D eigenvalue weighted by Crippen LogP contribution is 2.37. The molecule has 174 valence electrons. The molecule has 0 unspecified atom stereocenters. The van der Waals surface area contributed by atoms with Crippen molar-refractivity contribution in [1.82, 2.24) is 19.8 Å².